The molecule has 0 saturated carbocycles. The zero-order valence-corrected chi connectivity index (χ0v) is 13.0. The molecule has 5 heteroatoms. The standard InChI is InChI=1S/C17H21N3O2/c1-11-8-14(22)5-6-15(11)16-12(2)18-10-19-17(16)20-7-3-4-13(20)9-21/h5-6,8,10,13,21-22H,3-4,7,9H2,1-2H3. The summed E-state index contributed by atoms with van der Waals surface area (Å²) >= 11 is 0. The van der Waals surface area contributed by atoms with Gasteiger partial charge in [-0.05, 0) is 49.9 Å². The van der Waals surface area contributed by atoms with E-state index in [4.69, 9.17) is 0 Å². The van der Waals surface area contributed by atoms with Crippen LogP contribution in [0.2, 0.25) is 0 Å². The Morgan fingerprint density at radius 3 is 2.82 bits per heavy atom. The summed E-state index contributed by atoms with van der Waals surface area (Å²) in [4.78, 5) is 11.0. The Morgan fingerprint density at radius 1 is 1.27 bits per heavy atom. The van der Waals surface area contributed by atoms with Crippen LogP contribution in [0.15, 0.2) is 24.5 Å². The highest BCUT2D eigenvalue weighted by Crippen LogP contribution is 2.37. The molecule has 0 spiro atoms. The molecule has 5 nitrogen and oxygen atoms in total. The van der Waals surface area contributed by atoms with Crippen molar-refractivity contribution in [3.63, 3.8) is 0 Å². The lowest BCUT2D eigenvalue weighted by Crippen LogP contribution is -2.33. The van der Waals surface area contributed by atoms with E-state index >= 15 is 0 Å². The third-order valence-corrected chi connectivity index (χ3v) is 4.36. The number of benzene rings is 1. The summed E-state index contributed by atoms with van der Waals surface area (Å²) in [7, 11) is 0. The van der Waals surface area contributed by atoms with E-state index < -0.39 is 0 Å². The van der Waals surface area contributed by atoms with E-state index in [0.29, 0.717) is 0 Å². The number of rotatable bonds is 3. The maximum Gasteiger partial charge on any atom is 0.140 e. The molecular formula is C17H21N3O2. The molecule has 0 aliphatic carbocycles. The van der Waals surface area contributed by atoms with Gasteiger partial charge in [0.1, 0.15) is 17.9 Å². The third kappa shape index (κ3) is 2.52. The molecule has 2 aromatic rings. The number of phenols is 1. The molecular weight excluding hydrogens is 278 g/mol. The van der Waals surface area contributed by atoms with E-state index in [2.05, 4.69) is 14.9 Å². The van der Waals surface area contributed by atoms with Crippen molar-refractivity contribution in [1.29, 1.82) is 0 Å². The van der Waals surface area contributed by atoms with Crippen molar-refractivity contribution in [1.82, 2.24) is 9.97 Å². The van der Waals surface area contributed by atoms with Gasteiger partial charge in [-0.1, -0.05) is 6.07 Å². The van der Waals surface area contributed by atoms with Gasteiger partial charge in [-0.25, -0.2) is 9.97 Å². The second-order valence-electron chi connectivity index (χ2n) is 5.83. The van der Waals surface area contributed by atoms with Gasteiger partial charge in [0.2, 0.25) is 0 Å². The minimum absolute atomic E-state index is 0.116. The summed E-state index contributed by atoms with van der Waals surface area (Å²) in [5, 5.41) is 19.2. The van der Waals surface area contributed by atoms with Gasteiger partial charge in [-0.15, -0.1) is 0 Å². The van der Waals surface area contributed by atoms with Crippen LogP contribution in [0, 0.1) is 13.8 Å². The molecule has 1 aliphatic rings. The van der Waals surface area contributed by atoms with Crippen LogP contribution in [-0.4, -0.2) is 39.4 Å². The van der Waals surface area contributed by atoms with Gasteiger partial charge in [-0.3, -0.25) is 0 Å². The second kappa shape index (κ2) is 5.93. The maximum atomic E-state index is 9.64. The van der Waals surface area contributed by atoms with E-state index in [0.717, 1.165) is 47.6 Å². The molecule has 1 aromatic heterocycles. The number of hydrogen-bond acceptors (Lipinski definition) is 5. The summed E-state index contributed by atoms with van der Waals surface area (Å²) in [6.45, 7) is 4.97. The van der Waals surface area contributed by atoms with Gasteiger partial charge in [0.05, 0.1) is 18.3 Å². The van der Waals surface area contributed by atoms with E-state index in [1.54, 1.807) is 18.5 Å². The molecule has 3 rings (SSSR count). The van der Waals surface area contributed by atoms with Crippen LogP contribution in [0.1, 0.15) is 24.1 Å². The van der Waals surface area contributed by atoms with Crippen molar-refractivity contribution < 1.29 is 10.2 Å². The Morgan fingerprint density at radius 2 is 2.09 bits per heavy atom. The van der Waals surface area contributed by atoms with Crippen molar-refractivity contribution in [2.24, 2.45) is 0 Å². The fraction of sp³-hybridized carbons (Fsp3) is 0.412. The predicted octanol–water partition coefficient (Wildman–Crippen LogP) is 2.43. The van der Waals surface area contributed by atoms with Crippen LogP contribution in [0.25, 0.3) is 11.1 Å². The lowest BCUT2D eigenvalue weighted by Gasteiger charge is -2.27. The number of aromatic hydroxyl groups is 1. The number of aryl methyl sites for hydroxylation is 2. The minimum Gasteiger partial charge on any atom is -0.508 e. The number of anilines is 1. The van der Waals surface area contributed by atoms with E-state index in [-0.39, 0.29) is 18.4 Å². The first-order chi connectivity index (χ1) is 10.6. The smallest absolute Gasteiger partial charge is 0.140 e. The van der Waals surface area contributed by atoms with Crippen LogP contribution < -0.4 is 4.90 Å². The lowest BCUT2D eigenvalue weighted by molar-refractivity contribution is 0.266. The van der Waals surface area contributed by atoms with Crippen LogP contribution in [0.5, 0.6) is 5.75 Å². The molecule has 1 saturated heterocycles. The predicted molar refractivity (Wildman–Crippen MR) is 86.1 cm³/mol. The largest absolute Gasteiger partial charge is 0.508 e. The lowest BCUT2D eigenvalue weighted by atomic mass is 9.99. The molecule has 0 amide bonds. The van der Waals surface area contributed by atoms with Crippen molar-refractivity contribution in [2.45, 2.75) is 32.7 Å². The summed E-state index contributed by atoms with van der Waals surface area (Å²) < 4.78 is 0. The molecule has 2 N–H and O–H groups in total. The number of nitrogens with zero attached hydrogens (tertiary/aromatic N) is 3. The van der Waals surface area contributed by atoms with Crippen molar-refractivity contribution >= 4 is 5.82 Å². The highest BCUT2D eigenvalue weighted by Gasteiger charge is 2.28. The van der Waals surface area contributed by atoms with Crippen molar-refractivity contribution in [3.05, 3.63) is 35.8 Å². The highest BCUT2D eigenvalue weighted by molar-refractivity contribution is 5.80. The fourth-order valence-corrected chi connectivity index (χ4v) is 3.23. The van der Waals surface area contributed by atoms with Gasteiger partial charge in [0.15, 0.2) is 0 Å². The summed E-state index contributed by atoms with van der Waals surface area (Å²) in [6, 6.07) is 5.46. The Hall–Kier alpha value is -2.14. The van der Waals surface area contributed by atoms with Crippen LogP contribution in [-0.2, 0) is 0 Å². The van der Waals surface area contributed by atoms with Gasteiger partial charge in [-0.2, -0.15) is 0 Å². The molecule has 2 heterocycles. The van der Waals surface area contributed by atoms with Gasteiger partial charge >= 0.3 is 0 Å². The Labute approximate surface area is 130 Å². The van der Waals surface area contributed by atoms with E-state index in [1.807, 2.05) is 19.9 Å². The SMILES string of the molecule is Cc1cc(O)ccc1-c1c(C)ncnc1N1CCCC1CO. The fourth-order valence-electron chi connectivity index (χ4n) is 3.23. The summed E-state index contributed by atoms with van der Waals surface area (Å²) in [5.41, 5.74) is 3.90. The van der Waals surface area contributed by atoms with Crippen molar-refractivity contribution in [2.75, 3.05) is 18.1 Å². The summed E-state index contributed by atoms with van der Waals surface area (Å²) in [5.74, 6) is 1.13. The molecule has 1 fully saturated rings. The third-order valence-electron chi connectivity index (χ3n) is 4.36. The topological polar surface area (TPSA) is 69.5 Å². The second-order valence-corrected chi connectivity index (χ2v) is 5.83. The first-order valence-corrected chi connectivity index (χ1v) is 7.61. The molecule has 1 atom stereocenters. The van der Waals surface area contributed by atoms with Crippen LogP contribution in [0.3, 0.4) is 0 Å². The Balaban J connectivity index is 2.15. The monoisotopic (exact) mass is 299 g/mol. The van der Waals surface area contributed by atoms with Crippen LogP contribution in [0.4, 0.5) is 5.82 Å². The number of hydrogen-bond donors (Lipinski definition) is 2. The maximum absolute atomic E-state index is 9.64. The average molecular weight is 299 g/mol. The van der Waals surface area contributed by atoms with Gasteiger partial charge in [0.25, 0.3) is 0 Å². The first kappa shape index (κ1) is 14.8. The normalized spacial score (nSPS) is 18.0. The van der Waals surface area contributed by atoms with Gasteiger partial charge < -0.3 is 15.1 Å². The minimum atomic E-state index is 0.116. The quantitative estimate of drug-likeness (QED) is 0.911. The Kier molecular flexibility index (Phi) is 3.98. The molecule has 1 unspecified atom stereocenters. The van der Waals surface area contributed by atoms with E-state index in [1.165, 1.54) is 0 Å². The Bertz CT molecular complexity index is 688. The highest BCUT2D eigenvalue weighted by atomic mass is 16.3. The van der Waals surface area contributed by atoms with Crippen LogP contribution >= 0.6 is 0 Å². The average Bonchev–Trinajstić information content (AvgIpc) is 2.96. The summed E-state index contributed by atoms with van der Waals surface area (Å²) in [6.07, 6.45) is 3.62. The molecule has 1 aromatic carbocycles. The molecule has 0 radical (unpaired) electrons. The zero-order valence-electron chi connectivity index (χ0n) is 13.0. The first-order valence-electron chi connectivity index (χ1n) is 7.61. The molecule has 0 bridgehead atoms. The van der Waals surface area contributed by atoms with E-state index in [9.17, 15) is 10.2 Å². The zero-order chi connectivity index (χ0) is 15.7. The number of phenolic OH excluding ortho intramolecular Hbond substituents is 1. The number of aromatic nitrogens is 2. The molecule has 1 aliphatic heterocycles. The molecule has 116 valence electrons. The van der Waals surface area contributed by atoms with Crippen molar-refractivity contribution in [3.8, 4) is 16.9 Å². The number of aliphatic hydroxyl groups excluding tert-OH is 1. The van der Waals surface area contributed by atoms with Gasteiger partial charge in [0, 0.05) is 12.1 Å². The molecule has 22 heavy (non-hydrogen) atoms. The number of aliphatic hydroxyl groups is 1.